The van der Waals surface area contributed by atoms with E-state index in [2.05, 4.69) is 50.5 Å². The Bertz CT molecular complexity index is 1500. The number of para-hydroxylation sites is 2. The van der Waals surface area contributed by atoms with E-state index in [-0.39, 0.29) is 0 Å². The third-order valence-electron chi connectivity index (χ3n) is 6.60. The maximum Gasteiger partial charge on any atom is 0.416 e. The number of rotatable bonds is 5. The fourth-order valence-electron chi connectivity index (χ4n) is 4.87. The van der Waals surface area contributed by atoms with Gasteiger partial charge in [-0.15, -0.1) is 11.3 Å². The van der Waals surface area contributed by atoms with Gasteiger partial charge in [0.15, 0.2) is 0 Å². The summed E-state index contributed by atoms with van der Waals surface area (Å²) in [6.45, 7) is 9.39. The summed E-state index contributed by atoms with van der Waals surface area (Å²) in [4.78, 5) is 4.93. The van der Waals surface area contributed by atoms with Gasteiger partial charge in [0, 0.05) is 21.0 Å². The summed E-state index contributed by atoms with van der Waals surface area (Å²) < 4.78 is 43.5. The van der Waals surface area contributed by atoms with Gasteiger partial charge in [0.05, 0.1) is 23.1 Å². The van der Waals surface area contributed by atoms with E-state index in [0.717, 1.165) is 27.4 Å². The van der Waals surface area contributed by atoms with Gasteiger partial charge in [-0.3, -0.25) is 0 Å². The molecular weight excluding hydrogens is 465 g/mol. The molecule has 0 aliphatic rings. The molecule has 0 spiro atoms. The first-order valence-electron chi connectivity index (χ1n) is 11.8. The molecule has 0 N–H and O–H groups in total. The molecule has 0 amide bonds. The Morgan fingerprint density at radius 1 is 0.886 bits per heavy atom. The number of benzene rings is 3. The van der Waals surface area contributed by atoms with E-state index in [4.69, 9.17) is 4.98 Å². The lowest BCUT2D eigenvalue weighted by Gasteiger charge is -2.21. The number of fused-ring (bicyclic) bond motifs is 2. The lowest BCUT2D eigenvalue weighted by Crippen LogP contribution is -2.10. The van der Waals surface area contributed by atoms with Gasteiger partial charge in [-0.1, -0.05) is 58.0 Å². The summed E-state index contributed by atoms with van der Waals surface area (Å²) >= 11 is 1.45. The molecule has 2 aromatic heterocycles. The Morgan fingerprint density at radius 3 is 2.23 bits per heavy atom. The minimum Gasteiger partial charge on any atom is -0.319 e. The molecule has 0 saturated heterocycles. The van der Waals surface area contributed by atoms with Crippen LogP contribution >= 0.6 is 11.3 Å². The SMILES string of the molecule is CC(C)c1cccc(C(C)C)c1Cn1c(-c2csc3ccc(C(F)(F)F)cc23)nc2ccccc21. The number of imidazole rings is 1. The zero-order valence-electron chi connectivity index (χ0n) is 20.1. The van der Waals surface area contributed by atoms with Gasteiger partial charge in [-0.25, -0.2) is 4.98 Å². The maximum atomic E-state index is 13.5. The Balaban J connectivity index is 1.76. The number of halogens is 3. The molecular formula is C29H27F3N2S. The predicted octanol–water partition coefficient (Wildman–Crippen LogP) is 9.23. The number of hydrogen-bond donors (Lipinski definition) is 0. The first kappa shape index (κ1) is 23.6. The molecule has 35 heavy (non-hydrogen) atoms. The highest BCUT2D eigenvalue weighted by Crippen LogP contribution is 2.40. The highest BCUT2D eigenvalue weighted by Gasteiger charge is 2.31. The van der Waals surface area contributed by atoms with E-state index in [9.17, 15) is 13.2 Å². The minimum absolute atomic E-state index is 0.346. The number of alkyl halides is 3. The fourth-order valence-corrected chi connectivity index (χ4v) is 5.79. The van der Waals surface area contributed by atoms with Crippen LogP contribution in [0.4, 0.5) is 13.2 Å². The topological polar surface area (TPSA) is 17.8 Å². The second kappa shape index (κ2) is 8.83. The third kappa shape index (κ3) is 4.25. The summed E-state index contributed by atoms with van der Waals surface area (Å²) in [5.74, 6) is 1.39. The van der Waals surface area contributed by atoms with Gasteiger partial charge in [0.25, 0.3) is 0 Å². The van der Waals surface area contributed by atoms with Crippen molar-refractivity contribution in [2.45, 2.75) is 52.3 Å². The van der Waals surface area contributed by atoms with Crippen LogP contribution in [0, 0.1) is 0 Å². The molecule has 5 rings (SSSR count). The molecule has 3 aromatic carbocycles. The predicted molar refractivity (Wildman–Crippen MR) is 139 cm³/mol. The first-order valence-corrected chi connectivity index (χ1v) is 12.7. The Kier molecular flexibility index (Phi) is 5.96. The quantitative estimate of drug-likeness (QED) is 0.239. The van der Waals surface area contributed by atoms with E-state index in [1.165, 1.54) is 34.1 Å². The minimum atomic E-state index is -4.39. The summed E-state index contributed by atoms with van der Waals surface area (Å²) in [7, 11) is 0. The molecule has 0 bridgehead atoms. The van der Waals surface area contributed by atoms with Crippen LogP contribution in [0.25, 0.3) is 32.5 Å². The summed E-state index contributed by atoms with van der Waals surface area (Å²) in [5, 5.41) is 2.52. The van der Waals surface area contributed by atoms with Gasteiger partial charge in [-0.05, 0) is 58.9 Å². The average Bonchev–Trinajstić information content (AvgIpc) is 3.39. The van der Waals surface area contributed by atoms with Crippen molar-refractivity contribution in [1.82, 2.24) is 9.55 Å². The van der Waals surface area contributed by atoms with Gasteiger partial charge >= 0.3 is 6.18 Å². The summed E-state index contributed by atoms with van der Waals surface area (Å²) in [6.07, 6.45) is -4.39. The molecule has 2 nitrogen and oxygen atoms in total. The van der Waals surface area contributed by atoms with Crippen LogP contribution in [0.5, 0.6) is 0 Å². The lowest BCUT2D eigenvalue weighted by atomic mass is 9.88. The smallest absolute Gasteiger partial charge is 0.319 e. The van der Waals surface area contributed by atoms with E-state index in [1.807, 2.05) is 29.6 Å². The summed E-state index contributed by atoms with van der Waals surface area (Å²) in [5.41, 5.74) is 5.74. The zero-order valence-corrected chi connectivity index (χ0v) is 21.0. The van der Waals surface area contributed by atoms with Crippen LogP contribution in [-0.2, 0) is 12.7 Å². The highest BCUT2D eigenvalue weighted by molar-refractivity contribution is 7.17. The van der Waals surface area contributed by atoms with Crippen LogP contribution in [0.1, 0.15) is 61.8 Å². The first-order chi connectivity index (χ1) is 16.6. The van der Waals surface area contributed by atoms with Crippen LogP contribution in [-0.4, -0.2) is 9.55 Å². The van der Waals surface area contributed by atoms with E-state index in [0.29, 0.717) is 29.6 Å². The molecule has 5 aromatic rings. The normalized spacial score (nSPS) is 12.5. The number of thiophene rings is 1. The van der Waals surface area contributed by atoms with E-state index < -0.39 is 11.7 Å². The molecule has 2 heterocycles. The standard InChI is InChI=1S/C29H27F3N2S/c1-17(2)20-8-7-9-21(18(3)4)23(20)15-34-26-11-6-5-10-25(26)33-28(34)24-16-35-27-13-12-19(14-22(24)27)29(30,31)32/h5-14,16-18H,15H2,1-4H3. The van der Waals surface area contributed by atoms with Crippen molar-refractivity contribution in [3.8, 4) is 11.4 Å². The zero-order chi connectivity index (χ0) is 24.9. The van der Waals surface area contributed by atoms with Crippen LogP contribution < -0.4 is 0 Å². The molecule has 0 aliphatic heterocycles. The van der Waals surface area contributed by atoms with E-state index >= 15 is 0 Å². The van der Waals surface area contributed by atoms with E-state index in [1.54, 1.807) is 6.07 Å². The molecule has 0 unspecified atom stereocenters. The second-order valence-electron chi connectivity index (χ2n) is 9.59. The number of aromatic nitrogens is 2. The molecule has 0 aliphatic carbocycles. The van der Waals surface area contributed by atoms with Gasteiger partial charge < -0.3 is 4.57 Å². The molecule has 180 valence electrons. The van der Waals surface area contributed by atoms with Gasteiger partial charge in [0.2, 0.25) is 0 Å². The lowest BCUT2D eigenvalue weighted by molar-refractivity contribution is -0.137. The van der Waals surface area contributed by atoms with Gasteiger partial charge in [0.1, 0.15) is 5.82 Å². The molecule has 0 atom stereocenters. The molecule has 6 heteroatoms. The van der Waals surface area contributed by atoms with Crippen molar-refractivity contribution in [2.24, 2.45) is 0 Å². The fraction of sp³-hybridized carbons (Fsp3) is 0.276. The van der Waals surface area contributed by atoms with Crippen molar-refractivity contribution in [3.63, 3.8) is 0 Å². The maximum absolute atomic E-state index is 13.5. The number of nitrogens with zero attached hydrogens (tertiary/aromatic N) is 2. The third-order valence-corrected chi connectivity index (χ3v) is 7.57. The molecule has 0 fully saturated rings. The van der Waals surface area contributed by atoms with Gasteiger partial charge in [-0.2, -0.15) is 13.2 Å². The van der Waals surface area contributed by atoms with Crippen molar-refractivity contribution in [3.05, 3.63) is 88.3 Å². The largest absolute Gasteiger partial charge is 0.416 e. The van der Waals surface area contributed by atoms with Crippen molar-refractivity contribution < 1.29 is 13.2 Å². The number of hydrogen-bond acceptors (Lipinski definition) is 2. The van der Waals surface area contributed by atoms with Crippen LogP contribution in [0.15, 0.2) is 66.0 Å². The average molecular weight is 493 g/mol. The van der Waals surface area contributed by atoms with Crippen molar-refractivity contribution in [1.29, 1.82) is 0 Å². The highest BCUT2D eigenvalue weighted by atomic mass is 32.1. The second-order valence-corrected chi connectivity index (χ2v) is 10.5. The van der Waals surface area contributed by atoms with Crippen LogP contribution in [0.3, 0.4) is 0 Å². The monoisotopic (exact) mass is 492 g/mol. The van der Waals surface area contributed by atoms with Crippen molar-refractivity contribution >= 4 is 32.5 Å². The Labute approximate surface area is 207 Å². The summed E-state index contributed by atoms with van der Waals surface area (Å²) in [6, 6.07) is 18.4. The Hall–Kier alpha value is -3.12. The van der Waals surface area contributed by atoms with Crippen molar-refractivity contribution in [2.75, 3.05) is 0 Å². The molecule has 0 saturated carbocycles. The molecule has 0 radical (unpaired) electrons. The van der Waals surface area contributed by atoms with Crippen LogP contribution in [0.2, 0.25) is 0 Å². The Morgan fingerprint density at radius 2 is 1.57 bits per heavy atom.